The van der Waals surface area contributed by atoms with E-state index in [9.17, 15) is 5.11 Å². The summed E-state index contributed by atoms with van der Waals surface area (Å²) in [6, 6.07) is 7.27. The highest BCUT2D eigenvalue weighted by atomic mass is 16.5. The molecule has 1 atom stereocenters. The maximum absolute atomic E-state index is 10.7. The van der Waals surface area contributed by atoms with Crippen LogP contribution in [-0.2, 0) is 6.54 Å². The van der Waals surface area contributed by atoms with Crippen molar-refractivity contribution in [1.82, 2.24) is 14.7 Å². The highest BCUT2D eigenvalue weighted by molar-refractivity contribution is 5.51. The van der Waals surface area contributed by atoms with E-state index in [1.54, 1.807) is 24.1 Å². The second kappa shape index (κ2) is 6.60. The van der Waals surface area contributed by atoms with E-state index in [0.717, 1.165) is 6.54 Å². The maximum atomic E-state index is 10.7. The molecule has 0 bridgehead atoms. The number of aliphatic hydroxyl groups excluding tert-OH is 1. The number of nitrogens with two attached hydrogens (primary N) is 1. The molecular formula is C15H22N4O2. The van der Waals surface area contributed by atoms with E-state index in [-0.39, 0.29) is 0 Å². The van der Waals surface area contributed by atoms with Gasteiger partial charge in [-0.3, -0.25) is 4.68 Å². The van der Waals surface area contributed by atoms with Gasteiger partial charge in [-0.15, -0.1) is 0 Å². The molecule has 3 N–H and O–H groups in total. The van der Waals surface area contributed by atoms with E-state index >= 15 is 0 Å². The van der Waals surface area contributed by atoms with E-state index in [1.807, 2.05) is 32.3 Å². The monoisotopic (exact) mass is 290 g/mol. The van der Waals surface area contributed by atoms with Gasteiger partial charge in [0.25, 0.3) is 0 Å². The van der Waals surface area contributed by atoms with Gasteiger partial charge in [0.05, 0.1) is 19.9 Å². The molecule has 6 heteroatoms. The minimum Gasteiger partial charge on any atom is -0.493 e. The number of aliphatic hydroxyl groups is 1. The van der Waals surface area contributed by atoms with Crippen LogP contribution in [0, 0.1) is 0 Å². The number of nitrogen functional groups attached to an aromatic ring is 1. The van der Waals surface area contributed by atoms with Crippen molar-refractivity contribution >= 4 is 5.69 Å². The molecule has 0 saturated heterocycles. The third-order valence-electron chi connectivity index (χ3n) is 3.37. The van der Waals surface area contributed by atoms with Crippen molar-refractivity contribution in [2.75, 3.05) is 33.5 Å². The van der Waals surface area contributed by atoms with Crippen molar-refractivity contribution < 1.29 is 9.84 Å². The third-order valence-corrected chi connectivity index (χ3v) is 3.37. The Balaban J connectivity index is 2.36. The molecule has 0 aliphatic rings. The standard InChI is InChI=1S/C15H22N4O2/c1-18(2)8-9-19-14(13(21-3)10-17-19)15(20)11-6-4-5-7-12(11)16/h4-7,10,15,20H,8-9,16H2,1-3H3. The molecule has 1 unspecified atom stereocenters. The second-order valence-corrected chi connectivity index (χ2v) is 5.16. The lowest BCUT2D eigenvalue weighted by Gasteiger charge is -2.18. The van der Waals surface area contributed by atoms with Gasteiger partial charge < -0.3 is 20.5 Å². The Hall–Kier alpha value is -2.05. The summed E-state index contributed by atoms with van der Waals surface area (Å²) in [4.78, 5) is 2.06. The first-order chi connectivity index (χ1) is 10.0. The van der Waals surface area contributed by atoms with Crippen LogP contribution in [0.4, 0.5) is 5.69 Å². The molecule has 6 nitrogen and oxygen atoms in total. The molecule has 0 amide bonds. The van der Waals surface area contributed by atoms with Crippen molar-refractivity contribution in [2.24, 2.45) is 0 Å². The van der Waals surface area contributed by atoms with E-state index in [4.69, 9.17) is 10.5 Å². The van der Waals surface area contributed by atoms with Gasteiger partial charge in [0.1, 0.15) is 11.8 Å². The number of benzene rings is 1. The zero-order valence-corrected chi connectivity index (χ0v) is 12.7. The zero-order chi connectivity index (χ0) is 15.4. The smallest absolute Gasteiger partial charge is 0.163 e. The molecule has 0 radical (unpaired) electrons. The topological polar surface area (TPSA) is 76.5 Å². The molecular weight excluding hydrogens is 268 g/mol. The Labute approximate surface area is 124 Å². The Bertz CT molecular complexity index is 595. The maximum Gasteiger partial charge on any atom is 0.163 e. The van der Waals surface area contributed by atoms with E-state index < -0.39 is 6.10 Å². The van der Waals surface area contributed by atoms with Crippen LogP contribution in [0.3, 0.4) is 0 Å². The summed E-state index contributed by atoms with van der Waals surface area (Å²) in [5.74, 6) is 0.560. The van der Waals surface area contributed by atoms with Crippen molar-refractivity contribution in [3.05, 3.63) is 41.7 Å². The van der Waals surface area contributed by atoms with Crippen LogP contribution < -0.4 is 10.5 Å². The number of likely N-dealkylation sites (N-methyl/N-ethyl adjacent to an activating group) is 1. The highest BCUT2D eigenvalue weighted by Gasteiger charge is 2.23. The Kier molecular flexibility index (Phi) is 4.82. The lowest BCUT2D eigenvalue weighted by molar-refractivity contribution is 0.201. The first-order valence-electron chi connectivity index (χ1n) is 6.81. The van der Waals surface area contributed by atoms with Crippen molar-refractivity contribution in [2.45, 2.75) is 12.6 Å². The van der Waals surface area contributed by atoms with Crippen LogP contribution in [0.2, 0.25) is 0 Å². The lowest BCUT2D eigenvalue weighted by Crippen LogP contribution is -2.21. The summed E-state index contributed by atoms with van der Waals surface area (Å²) in [5.41, 5.74) is 7.78. The van der Waals surface area contributed by atoms with Gasteiger partial charge in [0.15, 0.2) is 5.75 Å². The molecule has 0 fully saturated rings. The number of anilines is 1. The molecule has 0 aliphatic carbocycles. The van der Waals surface area contributed by atoms with Crippen LogP contribution in [0.25, 0.3) is 0 Å². The molecule has 114 valence electrons. The van der Waals surface area contributed by atoms with Crippen LogP contribution >= 0.6 is 0 Å². The summed E-state index contributed by atoms with van der Waals surface area (Å²) in [7, 11) is 5.55. The van der Waals surface area contributed by atoms with E-state index in [1.165, 1.54) is 0 Å². The van der Waals surface area contributed by atoms with Crippen LogP contribution in [-0.4, -0.2) is 47.5 Å². The average molecular weight is 290 g/mol. The molecule has 2 rings (SSSR count). The van der Waals surface area contributed by atoms with Gasteiger partial charge in [-0.2, -0.15) is 5.10 Å². The Morgan fingerprint density at radius 2 is 2.10 bits per heavy atom. The molecule has 2 aromatic rings. The fourth-order valence-electron chi connectivity index (χ4n) is 2.19. The Morgan fingerprint density at radius 3 is 2.71 bits per heavy atom. The molecule has 1 aromatic heterocycles. The zero-order valence-electron chi connectivity index (χ0n) is 12.7. The highest BCUT2D eigenvalue weighted by Crippen LogP contribution is 2.32. The first-order valence-corrected chi connectivity index (χ1v) is 6.81. The number of para-hydroxylation sites is 1. The minimum absolute atomic E-state index is 0.549. The normalized spacial score (nSPS) is 12.6. The van der Waals surface area contributed by atoms with Gasteiger partial charge in [-0.25, -0.2) is 0 Å². The fraction of sp³-hybridized carbons (Fsp3) is 0.400. The van der Waals surface area contributed by atoms with Crippen LogP contribution in [0.5, 0.6) is 5.75 Å². The van der Waals surface area contributed by atoms with Crippen LogP contribution in [0.15, 0.2) is 30.5 Å². The van der Waals surface area contributed by atoms with Crippen molar-refractivity contribution in [3.63, 3.8) is 0 Å². The molecule has 0 saturated carbocycles. The number of aromatic nitrogens is 2. The summed E-state index contributed by atoms with van der Waals surface area (Å²) in [6.07, 6.45) is 0.749. The van der Waals surface area contributed by atoms with Gasteiger partial charge in [-0.1, -0.05) is 18.2 Å². The number of hydrogen-bond acceptors (Lipinski definition) is 5. The molecule has 21 heavy (non-hydrogen) atoms. The number of nitrogens with zero attached hydrogens (tertiary/aromatic N) is 3. The number of hydrogen-bond donors (Lipinski definition) is 2. The Morgan fingerprint density at radius 1 is 1.38 bits per heavy atom. The number of methoxy groups -OCH3 is 1. The van der Waals surface area contributed by atoms with E-state index in [0.29, 0.717) is 29.2 Å². The lowest BCUT2D eigenvalue weighted by atomic mass is 10.0. The van der Waals surface area contributed by atoms with Gasteiger partial charge in [-0.05, 0) is 20.2 Å². The van der Waals surface area contributed by atoms with Gasteiger partial charge in [0.2, 0.25) is 0 Å². The molecule has 1 heterocycles. The van der Waals surface area contributed by atoms with Gasteiger partial charge >= 0.3 is 0 Å². The van der Waals surface area contributed by atoms with Crippen molar-refractivity contribution in [1.29, 1.82) is 0 Å². The molecule has 0 spiro atoms. The number of ether oxygens (including phenoxy) is 1. The predicted octanol–water partition coefficient (Wildman–Crippen LogP) is 1.12. The molecule has 1 aromatic carbocycles. The predicted molar refractivity (Wildman–Crippen MR) is 82.2 cm³/mol. The summed E-state index contributed by atoms with van der Waals surface area (Å²) in [5, 5.41) is 15.0. The minimum atomic E-state index is -0.870. The number of rotatable bonds is 6. The molecule has 0 aliphatic heterocycles. The third kappa shape index (κ3) is 3.34. The van der Waals surface area contributed by atoms with Gasteiger partial charge in [0, 0.05) is 17.8 Å². The van der Waals surface area contributed by atoms with E-state index in [2.05, 4.69) is 10.00 Å². The first kappa shape index (κ1) is 15.3. The summed E-state index contributed by atoms with van der Waals surface area (Å²) in [6.45, 7) is 1.48. The van der Waals surface area contributed by atoms with Crippen LogP contribution in [0.1, 0.15) is 17.4 Å². The second-order valence-electron chi connectivity index (χ2n) is 5.16. The largest absolute Gasteiger partial charge is 0.493 e. The fourth-order valence-corrected chi connectivity index (χ4v) is 2.19. The summed E-state index contributed by atoms with van der Waals surface area (Å²) >= 11 is 0. The summed E-state index contributed by atoms with van der Waals surface area (Å²) < 4.78 is 7.08. The quantitative estimate of drug-likeness (QED) is 0.780. The average Bonchev–Trinajstić information content (AvgIpc) is 2.87. The SMILES string of the molecule is COc1cnn(CCN(C)C)c1C(O)c1ccccc1N. The van der Waals surface area contributed by atoms with Crippen molar-refractivity contribution in [3.8, 4) is 5.75 Å².